The zero-order valence-electron chi connectivity index (χ0n) is 19.4. The molecular formula is C24H23ClN6O5. The number of aromatic nitrogens is 2. The lowest BCUT2D eigenvalue weighted by atomic mass is 10.0. The molecule has 0 spiro atoms. The first kappa shape index (κ1) is 26.1. The average Bonchev–Trinajstić information content (AvgIpc) is 2.87. The molecule has 0 aliphatic rings. The fourth-order valence-corrected chi connectivity index (χ4v) is 3.18. The molecule has 3 rings (SSSR count). The number of hydrogen-bond acceptors (Lipinski definition) is 6. The minimum absolute atomic E-state index is 0.125. The van der Waals surface area contributed by atoms with Gasteiger partial charge in [0, 0.05) is 44.5 Å². The Morgan fingerprint density at radius 2 is 1.61 bits per heavy atom. The molecule has 0 fully saturated rings. The second-order valence-corrected chi connectivity index (χ2v) is 8.25. The van der Waals surface area contributed by atoms with E-state index in [0.717, 1.165) is 11.1 Å². The highest BCUT2D eigenvalue weighted by atomic mass is 35.5. The van der Waals surface area contributed by atoms with Gasteiger partial charge in [0.15, 0.2) is 12.4 Å². The number of nitrogens with one attached hydrogen (secondary N) is 3. The summed E-state index contributed by atoms with van der Waals surface area (Å²) in [6.07, 6.45) is 4.05. The molecule has 0 aliphatic carbocycles. The Morgan fingerprint density at radius 1 is 0.972 bits per heavy atom. The largest absolute Gasteiger partial charge is 0.619 e. The maximum absolute atomic E-state index is 12.8. The van der Waals surface area contributed by atoms with Gasteiger partial charge in [-0.3, -0.25) is 19.2 Å². The van der Waals surface area contributed by atoms with Crippen molar-refractivity contribution in [3.8, 4) is 11.1 Å². The third-order valence-corrected chi connectivity index (χ3v) is 5.19. The zero-order valence-corrected chi connectivity index (χ0v) is 20.2. The van der Waals surface area contributed by atoms with E-state index in [-0.39, 0.29) is 17.9 Å². The van der Waals surface area contributed by atoms with Gasteiger partial charge in [-0.05, 0) is 35.4 Å². The molecule has 0 aliphatic heterocycles. The van der Waals surface area contributed by atoms with Crippen molar-refractivity contribution < 1.29 is 23.9 Å². The number of rotatable bonds is 7. The van der Waals surface area contributed by atoms with Crippen molar-refractivity contribution in [1.82, 2.24) is 20.5 Å². The van der Waals surface area contributed by atoms with E-state index in [4.69, 9.17) is 11.6 Å². The summed E-state index contributed by atoms with van der Waals surface area (Å²) in [5.74, 6) is -2.90. The van der Waals surface area contributed by atoms with Crippen LogP contribution in [-0.2, 0) is 14.4 Å². The number of amides is 4. The second-order valence-electron chi connectivity index (χ2n) is 7.81. The van der Waals surface area contributed by atoms with Gasteiger partial charge in [-0.2, -0.15) is 4.73 Å². The van der Waals surface area contributed by atoms with E-state index in [0.29, 0.717) is 9.75 Å². The molecule has 0 saturated heterocycles. The predicted octanol–water partition coefficient (Wildman–Crippen LogP) is 0.977. The van der Waals surface area contributed by atoms with Crippen LogP contribution in [-0.4, -0.2) is 60.2 Å². The van der Waals surface area contributed by atoms with Gasteiger partial charge in [0.25, 0.3) is 5.91 Å². The van der Waals surface area contributed by atoms with E-state index in [1.54, 1.807) is 36.4 Å². The van der Waals surface area contributed by atoms with Crippen LogP contribution in [0.5, 0.6) is 0 Å². The van der Waals surface area contributed by atoms with Gasteiger partial charge in [0.1, 0.15) is 11.9 Å². The minimum Gasteiger partial charge on any atom is -0.619 e. The van der Waals surface area contributed by atoms with Crippen LogP contribution in [0.4, 0.5) is 5.82 Å². The van der Waals surface area contributed by atoms with Gasteiger partial charge in [-0.15, -0.1) is 0 Å². The van der Waals surface area contributed by atoms with Crippen molar-refractivity contribution in [1.29, 1.82) is 0 Å². The third-order valence-electron chi connectivity index (χ3n) is 4.97. The van der Waals surface area contributed by atoms with Crippen LogP contribution < -0.4 is 20.7 Å². The lowest BCUT2D eigenvalue weighted by molar-refractivity contribution is -0.605. The molecule has 36 heavy (non-hydrogen) atoms. The van der Waals surface area contributed by atoms with Gasteiger partial charge in [0.05, 0.1) is 5.02 Å². The van der Waals surface area contributed by atoms with Crippen molar-refractivity contribution in [2.75, 3.05) is 26.0 Å². The summed E-state index contributed by atoms with van der Waals surface area (Å²) in [4.78, 5) is 54.9. The van der Waals surface area contributed by atoms with Gasteiger partial charge in [-0.25, -0.2) is 4.98 Å². The lowest BCUT2D eigenvalue weighted by Gasteiger charge is -2.22. The van der Waals surface area contributed by atoms with E-state index in [1.807, 2.05) is 0 Å². The minimum atomic E-state index is -1.13. The highest BCUT2D eigenvalue weighted by Crippen LogP contribution is 2.18. The number of hydrogen-bond donors (Lipinski definition) is 3. The van der Waals surface area contributed by atoms with Crippen LogP contribution >= 0.6 is 11.6 Å². The van der Waals surface area contributed by atoms with Crippen LogP contribution in [0.3, 0.4) is 0 Å². The number of anilines is 1. The van der Waals surface area contributed by atoms with Crippen molar-refractivity contribution in [3.05, 3.63) is 82.9 Å². The average molecular weight is 511 g/mol. The summed E-state index contributed by atoms with van der Waals surface area (Å²) >= 11 is 5.74. The monoisotopic (exact) mass is 510 g/mol. The normalized spacial score (nSPS) is 11.2. The summed E-state index contributed by atoms with van der Waals surface area (Å²) in [7, 11) is 3.00. The highest BCUT2D eigenvalue weighted by molar-refractivity contribution is 6.39. The van der Waals surface area contributed by atoms with Crippen molar-refractivity contribution in [2.45, 2.75) is 6.04 Å². The van der Waals surface area contributed by atoms with Crippen LogP contribution in [0.25, 0.3) is 11.1 Å². The Morgan fingerprint density at radius 3 is 2.19 bits per heavy atom. The topological polar surface area (TPSA) is 147 Å². The van der Waals surface area contributed by atoms with Crippen LogP contribution in [0.15, 0.2) is 67.1 Å². The Hall–Kier alpha value is -4.51. The third kappa shape index (κ3) is 7.00. The summed E-state index contributed by atoms with van der Waals surface area (Å²) in [5.41, 5.74) is 1.87. The Labute approximate surface area is 211 Å². The summed E-state index contributed by atoms with van der Waals surface area (Å²) in [6.45, 7) is -0.319. The maximum atomic E-state index is 12.8. The van der Waals surface area contributed by atoms with Crippen LogP contribution in [0.1, 0.15) is 10.4 Å². The van der Waals surface area contributed by atoms with E-state index >= 15 is 0 Å². The molecule has 186 valence electrons. The van der Waals surface area contributed by atoms with Gasteiger partial charge in [-0.1, -0.05) is 23.7 Å². The van der Waals surface area contributed by atoms with E-state index in [1.165, 1.54) is 49.7 Å². The smallest absolute Gasteiger partial charge is 0.314 e. The first-order valence-electron chi connectivity index (χ1n) is 10.7. The standard InChI is InChI=1S/C24H23ClN6O5/c1-30(2)24(35)19(14-27-22(33)23(34)29-20-8-7-18(25)13-26-20)28-21(32)17-5-3-15(4-6-17)16-9-11-31(36)12-10-16/h3-13,19H,14H2,1-2H3,(H,27,33)(H,28,32)(H,26,29,34). The first-order valence-corrected chi connectivity index (χ1v) is 11.0. The predicted molar refractivity (Wildman–Crippen MR) is 132 cm³/mol. The number of pyridine rings is 2. The maximum Gasteiger partial charge on any atom is 0.314 e. The van der Waals surface area contributed by atoms with E-state index in [2.05, 4.69) is 20.9 Å². The van der Waals surface area contributed by atoms with Crippen LogP contribution in [0.2, 0.25) is 5.02 Å². The fourth-order valence-electron chi connectivity index (χ4n) is 3.07. The molecule has 1 unspecified atom stereocenters. The molecular weight excluding hydrogens is 488 g/mol. The molecule has 1 atom stereocenters. The molecule has 0 saturated carbocycles. The second kappa shape index (κ2) is 11.8. The summed E-state index contributed by atoms with van der Waals surface area (Å²) < 4.78 is 0.671. The number of carbonyl (C=O) groups excluding carboxylic acids is 4. The number of nitrogens with zero attached hydrogens (tertiary/aromatic N) is 3. The summed E-state index contributed by atoms with van der Waals surface area (Å²) in [6, 6.07) is 11.7. The molecule has 2 heterocycles. The molecule has 2 aromatic heterocycles. The Balaban J connectivity index is 1.63. The van der Waals surface area contributed by atoms with Crippen molar-refractivity contribution in [2.24, 2.45) is 0 Å². The Kier molecular flexibility index (Phi) is 8.52. The molecule has 0 radical (unpaired) electrons. The quantitative estimate of drug-likeness (QED) is 0.245. The number of carbonyl (C=O) groups is 4. The zero-order chi connectivity index (χ0) is 26.2. The molecule has 3 aromatic rings. The number of likely N-dealkylation sites (N-methyl/N-ethyl adjacent to an activating group) is 1. The molecule has 3 N–H and O–H groups in total. The molecule has 12 heteroatoms. The molecule has 0 bridgehead atoms. The molecule has 4 amide bonds. The van der Waals surface area contributed by atoms with E-state index < -0.39 is 29.7 Å². The molecule has 1 aromatic carbocycles. The Bertz CT molecular complexity index is 1250. The summed E-state index contributed by atoms with van der Waals surface area (Å²) in [5, 5.41) is 18.8. The SMILES string of the molecule is CN(C)C(=O)C(CNC(=O)C(=O)Nc1ccc(Cl)cn1)NC(=O)c1ccc(-c2cc[n+]([O-])cc2)cc1. The highest BCUT2D eigenvalue weighted by Gasteiger charge is 2.25. The molecule has 11 nitrogen and oxygen atoms in total. The van der Waals surface area contributed by atoms with E-state index in [9.17, 15) is 24.4 Å². The number of benzene rings is 1. The fraction of sp³-hybridized carbons (Fsp3) is 0.167. The van der Waals surface area contributed by atoms with Crippen molar-refractivity contribution >= 4 is 41.0 Å². The first-order chi connectivity index (χ1) is 17.1. The van der Waals surface area contributed by atoms with Gasteiger partial charge < -0.3 is 26.1 Å². The van der Waals surface area contributed by atoms with Gasteiger partial charge in [0.2, 0.25) is 5.91 Å². The van der Waals surface area contributed by atoms with Gasteiger partial charge >= 0.3 is 11.8 Å². The van der Waals surface area contributed by atoms with Crippen molar-refractivity contribution in [3.63, 3.8) is 0 Å². The number of halogens is 1. The lowest BCUT2D eigenvalue weighted by Crippen LogP contribution is -2.53. The van der Waals surface area contributed by atoms with Crippen LogP contribution in [0, 0.1) is 5.21 Å².